The molecule has 0 bridgehead atoms. The molecule has 3 aromatic rings. The van der Waals surface area contributed by atoms with Crippen LogP contribution in [0.1, 0.15) is 5.56 Å². The van der Waals surface area contributed by atoms with Gasteiger partial charge in [-0.25, -0.2) is 13.8 Å². The highest BCUT2D eigenvalue weighted by Gasteiger charge is 2.27. The summed E-state index contributed by atoms with van der Waals surface area (Å²) in [5.41, 5.74) is 3.52. The van der Waals surface area contributed by atoms with Gasteiger partial charge in [-0.3, -0.25) is 9.10 Å². The monoisotopic (exact) mass is 549 g/mol. The van der Waals surface area contributed by atoms with Crippen molar-refractivity contribution in [3.8, 4) is 0 Å². The molecule has 0 aromatic heterocycles. The van der Waals surface area contributed by atoms with Crippen molar-refractivity contribution in [3.63, 3.8) is 0 Å². The third-order valence-electron chi connectivity index (χ3n) is 4.01. The minimum atomic E-state index is -3.96. The Bertz CT molecular complexity index is 1170. The van der Waals surface area contributed by atoms with E-state index < -0.39 is 22.5 Å². The molecule has 154 valence electrons. The van der Waals surface area contributed by atoms with E-state index >= 15 is 0 Å². The van der Waals surface area contributed by atoms with Crippen molar-refractivity contribution >= 4 is 59.7 Å². The van der Waals surface area contributed by atoms with Gasteiger partial charge < -0.3 is 0 Å². The van der Waals surface area contributed by atoms with Gasteiger partial charge in [0.25, 0.3) is 15.9 Å². The van der Waals surface area contributed by atoms with E-state index in [9.17, 15) is 13.2 Å². The molecule has 0 radical (unpaired) electrons. The van der Waals surface area contributed by atoms with Crippen LogP contribution in [-0.2, 0) is 14.8 Å². The molecule has 30 heavy (non-hydrogen) atoms. The summed E-state index contributed by atoms with van der Waals surface area (Å²) in [6.07, 6.45) is 1.48. The van der Waals surface area contributed by atoms with Crippen molar-refractivity contribution in [1.29, 1.82) is 0 Å². The molecule has 3 rings (SSSR count). The van der Waals surface area contributed by atoms with Crippen LogP contribution in [0.15, 0.2) is 97.8 Å². The van der Waals surface area contributed by atoms with Crippen LogP contribution >= 0.6 is 31.9 Å². The smallest absolute Gasteiger partial charge is 0.264 e. The van der Waals surface area contributed by atoms with Crippen LogP contribution in [-0.4, -0.2) is 27.1 Å². The second-order valence-electron chi connectivity index (χ2n) is 6.12. The van der Waals surface area contributed by atoms with Crippen molar-refractivity contribution in [3.05, 3.63) is 93.4 Å². The molecule has 0 saturated carbocycles. The summed E-state index contributed by atoms with van der Waals surface area (Å²) < 4.78 is 29.0. The SMILES string of the molecule is O=C(CN(c1cccc(Br)c1)S(=O)(=O)c1ccccc1)N/N=C\c1ccccc1Br. The number of anilines is 1. The van der Waals surface area contributed by atoms with Crippen LogP contribution < -0.4 is 9.73 Å². The number of carbonyl (C=O) groups excluding carboxylic acids is 1. The zero-order chi connectivity index (χ0) is 21.6. The lowest BCUT2D eigenvalue weighted by Crippen LogP contribution is -2.39. The van der Waals surface area contributed by atoms with Gasteiger partial charge in [-0.2, -0.15) is 5.10 Å². The molecular weight excluding hydrogens is 534 g/mol. The number of nitrogens with zero attached hydrogens (tertiary/aromatic N) is 2. The van der Waals surface area contributed by atoms with Crippen molar-refractivity contribution < 1.29 is 13.2 Å². The lowest BCUT2D eigenvalue weighted by Gasteiger charge is -2.23. The van der Waals surface area contributed by atoms with Crippen molar-refractivity contribution in [2.45, 2.75) is 4.90 Å². The Balaban J connectivity index is 1.84. The van der Waals surface area contributed by atoms with E-state index in [1.807, 2.05) is 24.3 Å². The van der Waals surface area contributed by atoms with Gasteiger partial charge in [0.05, 0.1) is 16.8 Å². The van der Waals surface area contributed by atoms with Crippen LogP contribution in [0.2, 0.25) is 0 Å². The first-order chi connectivity index (χ1) is 14.4. The van der Waals surface area contributed by atoms with Crippen LogP contribution in [0.5, 0.6) is 0 Å². The molecule has 0 unspecified atom stereocenters. The van der Waals surface area contributed by atoms with Crippen LogP contribution in [0, 0.1) is 0 Å². The maximum Gasteiger partial charge on any atom is 0.264 e. The van der Waals surface area contributed by atoms with Crippen molar-refractivity contribution in [2.75, 3.05) is 10.8 Å². The Kier molecular flexibility index (Phi) is 7.41. The Labute approximate surface area is 191 Å². The summed E-state index contributed by atoms with van der Waals surface area (Å²) in [5.74, 6) is -0.571. The quantitative estimate of drug-likeness (QED) is 0.346. The second kappa shape index (κ2) is 10.0. The summed E-state index contributed by atoms with van der Waals surface area (Å²) in [6.45, 7) is -0.430. The van der Waals surface area contributed by atoms with Crippen molar-refractivity contribution in [2.24, 2.45) is 5.10 Å². The zero-order valence-electron chi connectivity index (χ0n) is 15.6. The minimum Gasteiger partial charge on any atom is -0.271 e. The number of benzene rings is 3. The average Bonchev–Trinajstić information content (AvgIpc) is 2.74. The van der Waals surface area contributed by atoms with Crippen LogP contribution in [0.25, 0.3) is 0 Å². The number of amides is 1. The maximum atomic E-state index is 13.2. The molecular formula is C21H17Br2N3O3S. The highest BCUT2D eigenvalue weighted by Crippen LogP contribution is 2.26. The summed E-state index contributed by atoms with van der Waals surface area (Å²) in [5, 5.41) is 3.94. The molecule has 1 amide bonds. The summed E-state index contributed by atoms with van der Waals surface area (Å²) >= 11 is 6.74. The van der Waals surface area contributed by atoms with Gasteiger partial charge in [0.2, 0.25) is 0 Å². The number of sulfonamides is 1. The third-order valence-corrected chi connectivity index (χ3v) is 7.02. The van der Waals surface area contributed by atoms with Gasteiger partial charge >= 0.3 is 0 Å². The lowest BCUT2D eigenvalue weighted by molar-refractivity contribution is -0.119. The Morgan fingerprint density at radius 3 is 2.37 bits per heavy atom. The first kappa shape index (κ1) is 22.2. The fourth-order valence-corrected chi connectivity index (χ4v) is 4.79. The van der Waals surface area contributed by atoms with E-state index in [-0.39, 0.29) is 4.90 Å². The second-order valence-corrected chi connectivity index (χ2v) is 9.75. The van der Waals surface area contributed by atoms with E-state index in [0.29, 0.717) is 10.2 Å². The number of hydrazone groups is 1. The highest BCUT2D eigenvalue weighted by atomic mass is 79.9. The van der Waals surface area contributed by atoms with E-state index in [4.69, 9.17) is 0 Å². The highest BCUT2D eigenvalue weighted by molar-refractivity contribution is 9.10. The van der Waals surface area contributed by atoms with Gasteiger partial charge in [-0.15, -0.1) is 0 Å². The Morgan fingerprint density at radius 2 is 1.67 bits per heavy atom. The molecule has 0 aliphatic rings. The first-order valence-corrected chi connectivity index (χ1v) is 11.8. The van der Waals surface area contributed by atoms with Crippen LogP contribution in [0.3, 0.4) is 0 Å². The van der Waals surface area contributed by atoms with E-state index in [0.717, 1.165) is 14.3 Å². The molecule has 0 fully saturated rings. The lowest BCUT2D eigenvalue weighted by atomic mass is 10.2. The third kappa shape index (κ3) is 5.56. The predicted octanol–water partition coefficient (Wildman–Crippen LogP) is 4.56. The number of carbonyl (C=O) groups is 1. The number of rotatable bonds is 7. The molecule has 0 aliphatic carbocycles. The van der Waals surface area contributed by atoms with Gasteiger partial charge in [0.15, 0.2) is 0 Å². The molecule has 6 nitrogen and oxygen atoms in total. The molecule has 0 aliphatic heterocycles. The van der Waals surface area contributed by atoms with E-state index in [1.54, 1.807) is 42.5 Å². The topological polar surface area (TPSA) is 78.8 Å². The first-order valence-electron chi connectivity index (χ1n) is 8.78. The minimum absolute atomic E-state index is 0.0921. The fraction of sp³-hybridized carbons (Fsp3) is 0.0476. The summed E-state index contributed by atoms with van der Waals surface area (Å²) in [7, 11) is -3.96. The Morgan fingerprint density at radius 1 is 0.967 bits per heavy atom. The van der Waals surface area contributed by atoms with E-state index in [1.165, 1.54) is 18.3 Å². The van der Waals surface area contributed by atoms with Gasteiger partial charge in [-0.05, 0) is 36.4 Å². The maximum absolute atomic E-state index is 13.2. The molecule has 9 heteroatoms. The molecule has 1 N–H and O–H groups in total. The standard InChI is InChI=1S/C21H17Br2N3O3S/c22-17-8-6-9-18(13-17)26(30(28,29)19-10-2-1-3-11-19)15-21(27)25-24-14-16-7-4-5-12-20(16)23/h1-14H,15H2,(H,25,27)/b24-14-. The molecule has 0 heterocycles. The number of hydrogen-bond donors (Lipinski definition) is 1. The number of halogens is 2. The predicted molar refractivity (Wildman–Crippen MR) is 125 cm³/mol. The van der Waals surface area contributed by atoms with E-state index in [2.05, 4.69) is 42.4 Å². The van der Waals surface area contributed by atoms with Gasteiger partial charge in [-0.1, -0.05) is 74.3 Å². The summed E-state index contributed by atoms with van der Waals surface area (Å²) in [4.78, 5) is 12.6. The zero-order valence-corrected chi connectivity index (χ0v) is 19.6. The molecule has 0 saturated heterocycles. The molecule has 0 spiro atoms. The number of nitrogens with one attached hydrogen (secondary N) is 1. The van der Waals surface area contributed by atoms with Gasteiger partial charge in [0.1, 0.15) is 6.54 Å². The summed E-state index contributed by atoms with van der Waals surface area (Å²) in [6, 6.07) is 22.1. The Hall–Kier alpha value is -2.49. The molecule has 3 aromatic carbocycles. The fourth-order valence-electron chi connectivity index (χ4n) is 2.59. The average molecular weight is 551 g/mol. The van der Waals surface area contributed by atoms with Crippen molar-refractivity contribution in [1.82, 2.24) is 5.43 Å². The molecule has 0 atom stereocenters. The van der Waals surface area contributed by atoms with Crippen LogP contribution in [0.4, 0.5) is 5.69 Å². The largest absolute Gasteiger partial charge is 0.271 e. The van der Waals surface area contributed by atoms with Gasteiger partial charge in [0, 0.05) is 14.5 Å². The number of hydrogen-bond acceptors (Lipinski definition) is 4. The normalized spacial score (nSPS) is 11.4.